The molecule has 0 amide bonds. The van der Waals surface area contributed by atoms with Crippen LogP contribution in [0, 0.1) is 11.8 Å². The van der Waals surface area contributed by atoms with Crippen molar-refractivity contribution in [2.45, 2.75) is 18.2 Å². The van der Waals surface area contributed by atoms with Gasteiger partial charge >= 0.3 is 0 Å². The fourth-order valence-electron chi connectivity index (χ4n) is 1.28. The van der Waals surface area contributed by atoms with Gasteiger partial charge in [-0.05, 0) is 50.9 Å². The van der Waals surface area contributed by atoms with Crippen LogP contribution in [0.2, 0.25) is 0 Å². The van der Waals surface area contributed by atoms with Gasteiger partial charge in [0.05, 0.1) is 0 Å². The molecule has 7 heteroatoms. The molecule has 1 aromatic rings. The average Bonchev–Trinajstić information content (AvgIpc) is 2.22. The minimum Gasteiger partial charge on any atom is -0.399 e. The number of sulfonamides is 1. The van der Waals surface area contributed by atoms with E-state index in [-0.39, 0.29) is 11.4 Å². The molecule has 0 saturated carbocycles. The van der Waals surface area contributed by atoms with E-state index in [2.05, 4.69) is 48.4 Å². The topological polar surface area (TPSA) is 72.2 Å². The summed E-state index contributed by atoms with van der Waals surface area (Å²) in [5.74, 6) is 5.49. The number of nitrogens with two attached hydrogens (primary N) is 1. The van der Waals surface area contributed by atoms with E-state index in [1.165, 1.54) is 0 Å². The fourth-order valence-corrected chi connectivity index (χ4v) is 4.93. The Morgan fingerprint density at radius 3 is 2.39 bits per heavy atom. The summed E-state index contributed by atoms with van der Waals surface area (Å²) in [5.41, 5.74) is 6.09. The van der Waals surface area contributed by atoms with Crippen molar-refractivity contribution < 1.29 is 8.42 Å². The van der Waals surface area contributed by atoms with Gasteiger partial charge < -0.3 is 5.73 Å². The zero-order valence-corrected chi connectivity index (χ0v) is 13.6. The summed E-state index contributed by atoms with van der Waals surface area (Å²) in [6.45, 7) is 1.98. The van der Waals surface area contributed by atoms with Gasteiger partial charge in [0.25, 0.3) is 0 Å². The maximum absolute atomic E-state index is 12.1. The third-order valence-electron chi connectivity index (χ3n) is 2.01. The first-order chi connectivity index (χ1) is 8.38. The van der Waals surface area contributed by atoms with E-state index in [0.717, 1.165) is 0 Å². The zero-order valence-electron chi connectivity index (χ0n) is 9.63. The summed E-state index contributed by atoms with van der Waals surface area (Å²) < 4.78 is 27.5. The molecule has 0 saturated heterocycles. The molecule has 4 nitrogen and oxygen atoms in total. The highest BCUT2D eigenvalue weighted by Gasteiger charge is 2.20. The predicted octanol–water partition coefficient (Wildman–Crippen LogP) is 2.49. The molecule has 0 spiro atoms. The molecule has 0 atom stereocenters. The normalized spacial score (nSPS) is 10.8. The molecule has 0 aliphatic heterocycles. The van der Waals surface area contributed by atoms with Crippen LogP contribution in [0.3, 0.4) is 0 Å². The van der Waals surface area contributed by atoms with Crippen LogP contribution in [-0.4, -0.2) is 15.0 Å². The summed E-state index contributed by atoms with van der Waals surface area (Å²) in [5, 5.41) is 0. The summed E-state index contributed by atoms with van der Waals surface area (Å²) in [4.78, 5) is 0.140. The van der Waals surface area contributed by atoms with E-state index < -0.39 is 10.0 Å². The SMILES string of the molecule is CC#CCCNS(=O)(=O)c1c(Br)cc(N)cc1Br. The van der Waals surface area contributed by atoms with Crippen molar-refractivity contribution in [3.63, 3.8) is 0 Å². The average molecular weight is 396 g/mol. The molecule has 0 aliphatic carbocycles. The molecule has 3 N–H and O–H groups in total. The Morgan fingerprint density at radius 1 is 1.33 bits per heavy atom. The van der Waals surface area contributed by atoms with E-state index in [4.69, 9.17) is 5.73 Å². The molecule has 0 aromatic heterocycles. The molecule has 1 rings (SSSR count). The second-order valence-electron chi connectivity index (χ2n) is 3.39. The number of hydrogen-bond acceptors (Lipinski definition) is 3. The van der Waals surface area contributed by atoms with Crippen LogP contribution in [0.25, 0.3) is 0 Å². The van der Waals surface area contributed by atoms with Gasteiger partial charge in [-0.1, -0.05) is 0 Å². The summed E-state index contributed by atoms with van der Waals surface area (Å²) in [6.07, 6.45) is 0.472. The van der Waals surface area contributed by atoms with Crippen molar-refractivity contribution in [2.75, 3.05) is 12.3 Å². The Balaban J connectivity index is 3.01. The Labute approximate surface area is 124 Å². The third-order valence-corrected chi connectivity index (χ3v) is 5.35. The smallest absolute Gasteiger partial charge is 0.242 e. The first-order valence-corrected chi connectivity index (χ1v) is 8.09. The summed E-state index contributed by atoms with van der Waals surface area (Å²) in [7, 11) is -3.59. The number of anilines is 1. The maximum atomic E-state index is 12.1. The van der Waals surface area contributed by atoms with Gasteiger partial charge in [0, 0.05) is 27.6 Å². The van der Waals surface area contributed by atoms with Gasteiger partial charge in [0.15, 0.2) is 0 Å². The van der Waals surface area contributed by atoms with Gasteiger partial charge in [-0.15, -0.1) is 11.8 Å². The Kier molecular flexibility index (Phi) is 5.66. The number of hydrogen-bond donors (Lipinski definition) is 2. The molecule has 1 aromatic carbocycles. The van der Waals surface area contributed by atoms with E-state index in [1.54, 1.807) is 19.1 Å². The first kappa shape index (κ1) is 15.5. The lowest BCUT2D eigenvalue weighted by Crippen LogP contribution is -2.25. The van der Waals surface area contributed by atoms with Crippen molar-refractivity contribution >= 4 is 47.6 Å². The molecule has 0 aliphatic rings. The molecular formula is C11H12Br2N2O2S. The highest BCUT2D eigenvalue weighted by Crippen LogP contribution is 2.32. The lowest BCUT2D eigenvalue weighted by Gasteiger charge is -2.10. The van der Waals surface area contributed by atoms with Crippen LogP contribution in [0.15, 0.2) is 26.0 Å². The highest BCUT2D eigenvalue weighted by atomic mass is 79.9. The number of nitrogens with one attached hydrogen (secondary N) is 1. The number of rotatable bonds is 4. The standard InChI is InChI=1S/C11H12Br2N2O2S/c1-2-3-4-5-15-18(16,17)11-9(12)6-8(14)7-10(11)13/h6-7,15H,4-5,14H2,1H3. The van der Waals surface area contributed by atoms with Crippen LogP contribution in [0.1, 0.15) is 13.3 Å². The van der Waals surface area contributed by atoms with E-state index in [9.17, 15) is 8.42 Å². The molecule has 18 heavy (non-hydrogen) atoms. The van der Waals surface area contributed by atoms with Gasteiger partial charge in [-0.2, -0.15) is 0 Å². The summed E-state index contributed by atoms with van der Waals surface area (Å²) in [6, 6.07) is 3.09. The zero-order chi connectivity index (χ0) is 13.8. The van der Waals surface area contributed by atoms with E-state index in [1.807, 2.05) is 0 Å². The number of benzene rings is 1. The fraction of sp³-hybridized carbons (Fsp3) is 0.273. The molecule has 0 unspecified atom stereocenters. The van der Waals surface area contributed by atoms with Gasteiger partial charge in [-0.25, -0.2) is 13.1 Å². The van der Waals surface area contributed by atoms with Crippen LogP contribution in [0.5, 0.6) is 0 Å². The predicted molar refractivity (Wildman–Crippen MR) is 79.5 cm³/mol. The van der Waals surface area contributed by atoms with Crippen LogP contribution >= 0.6 is 31.9 Å². The van der Waals surface area contributed by atoms with Crippen molar-refractivity contribution in [3.8, 4) is 11.8 Å². The summed E-state index contributed by atoms with van der Waals surface area (Å²) >= 11 is 6.40. The Morgan fingerprint density at radius 2 is 1.89 bits per heavy atom. The molecular weight excluding hydrogens is 384 g/mol. The minimum atomic E-state index is -3.59. The third kappa shape index (κ3) is 3.99. The second-order valence-corrected chi connectivity index (χ2v) is 6.80. The largest absolute Gasteiger partial charge is 0.399 e. The first-order valence-electron chi connectivity index (χ1n) is 5.02. The second kappa shape index (κ2) is 6.57. The lowest BCUT2D eigenvalue weighted by atomic mass is 10.3. The molecule has 0 fully saturated rings. The van der Waals surface area contributed by atoms with Crippen molar-refractivity contribution in [1.82, 2.24) is 4.72 Å². The monoisotopic (exact) mass is 394 g/mol. The minimum absolute atomic E-state index is 0.140. The van der Waals surface area contributed by atoms with E-state index in [0.29, 0.717) is 21.1 Å². The Bertz CT molecular complexity index is 580. The van der Waals surface area contributed by atoms with E-state index >= 15 is 0 Å². The van der Waals surface area contributed by atoms with Gasteiger partial charge in [-0.3, -0.25) is 0 Å². The molecule has 0 radical (unpaired) electrons. The lowest BCUT2D eigenvalue weighted by molar-refractivity contribution is 0.581. The maximum Gasteiger partial charge on any atom is 0.242 e. The van der Waals surface area contributed by atoms with Crippen molar-refractivity contribution in [3.05, 3.63) is 21.1 Å². The Hall–Kier alpha value is -0.550. The molecule has 98 valence electrons. The van der Waals surface area contributed by atoms with Crippen molar-refractivity contribution in [2.24, 2.45) is 0 Å². The molecule has 0 heterocycles. The van der Waals surface area contributed by atoms with Crippen LogP contribution in [-0.2, 0) is 10.0 Å². The van der Waals surface area contributed by atoms with Crippen LogP contribution in [0.4, 0.5) is 5.69 Å². The van der Waals surface area contributed by atoms with Gasteiger partial charge in [0.2, 0.25) is 10.0 Å². The number of nitrogen functional groups attached to an aromatic ring is 1. The number of halogens is 2. The van der Waals surface area contributed by atoms with Crippen LogP contribution < -0.4 is 10.5 Å². The highest BCUT2D eigenvalue weighted by molar-refractivity contribution is 9.11. The van der Waals surface area contributed by atoms with Gasteiger partial charge in [0.1, 0.15) is 4.90 Å². The molecule has 0 bridgehead atoms. The van der Waals surface area contributed by atoms with Crippen molar-refractivity contribution in [1.29, 1.82) is 0 Å². The quantitative estimate of drug-likeness (QED) is 0.467.